The van der Waals surface area contributed by atoms with E-state index in [1.807, 2.05) is 25.1 Å². The minimum atomic E-state index is -0.821. The highest BCUT2D eigenvalue weighted by Gasteiger charge is 2.36. The summed E-state index contributed by atoms with van der Waals surface area (Å²) in [6.07, 6.45) is 1.49. The number of hydrogen-bond donors (Lipinski definition) is 1. The van der Waals surface area contributed by atoms with Crippen molar-refractivity contribution in [3.63, 3.8) is 0 Å². The molecule has 2 heterocycles. The maximum absolute atomic E-state index is 12.3. The Morgan fingerprint density at radius 2 is 2.00 bits per heavy atom. The second-order valence-electron chi connectivity index (χ2n) is 4.25. The number of aromatic nitrogens is 2. The van der Waals surface area contributed by atoms with Crippen molar-refractivity contribution < 1.29 is 9.59 Å². The molecule has 0 spiro atoms. The third-order valence-electron chi connectivity index (χ3n) is 3.11. The lowest BCUT2D eigenvalue weighted by Crippen LogP contribution is -2.38. The first-order chi connectivity index (χ1) is 8.68. The molecule has 90 valence electrons. The summed E-state index contributed by atoms with van der Waals surface area (Å²) in [5.74, 6) is -1.01. The monoisotopic (exact) mass is 241 g/mol. The molecule has 18 heavy (non-hydrogen) atoms. The number of fused-ring (bicyclic) bond motifs is 1. The van der Waals surface area contributed by atoms with Crippen molar-refractivity contribution in [3.8, 4) is 0 Å². The quantitative estimate of drug-likeness (QED) is 0.771. The van der Waals surface area contributed by atoms with Crippen LogP contribution in [0, 0.1) is 6.92 Å². The number of anilines is 1. The summed E-state index contributed by atoms with van der Waals surface area (Å²) in [6, 6.07) is 8.98. The Morgan fingerprint density at radius 3 is 2.78 bits per heavy atom. The molecule has 0 saturated heterocycles. The lowest BCUT2D eigenvalue weighted by Gasteiger charge is -2.23. The van der Waals surface area contributed by atoms with Gasteiger partial charge in [-0.1, -0.05) is 24.3 Å². The highest BCUT2D eigenvalue weighted by Crippen LogP contribution is 2.27. The van der Waals surface area contributed by atoms with E-state index in [4.69, 9.17) is 0 Å². The fourth-order valence-electron chi connectivity index (χ4n) is 2.19. The van der Waals surface area contributed by atoms with Gasteiger partial charge in [0.1, 0.15) is 11.7 Å². The van der Waals surface area contributed by atoms with Crippen LogP contribution >= 0.6 is 0 Å². The molecule has 5 nitrogen and oxygen atoms in total. The molecule has 1 aromatic heterocycles. The summed E-state index contributed by atoms with van der Waals surface area (Å²) in [6.45, 7) is 1.88. The highest BCUT2D eigenvalue weighted by molar-refractivity contribution is 6.15. The van der Waals surface area contributed by atoms with E-state index in [0.29, 0.717) is 5.82 Å². The molecule has 0 bridgehead atoms. The smallest absolute Gasteiger partial charge is 0.265 e. The first-order valence-corrected chi connectivity index (χ1v) is 5.63. The van der Waals surface area contributed by atoms with E-state index in [1.165, 1.54) is 10.9 Å². The molecule has 1 amide bonds. The molecule has 3 rings (SSSR count). The third-order valence-corrected chi connectivity index (χ3v) is 3.11. The van der Waals surface area contributed by atoms with Crippen molar-refractivity contribution in [2.45, 2.75) is 12.8 Å². The Hall–Kier alpha value is -2.43. The summed E-state index contributed by atoms with van der Waals surface area (Å²) in [5.41, 5.74) is 1.64. The largest absolute Gasteiger partial charge is 0.310 e. The number of carbonyl (C=O) groups is 2. The Labute approximate surface area is 103 Å². The summed E-state index contributed by atoms with van der Waals surface area (Å²) >= 11 is 0. The molecular formula is C13H11N3O2. The van der Waals surface area contributed by atoms with Crippen molar-refractivity contribution in [1.82, 2.24) is 9.78 Å². The van der Waals surface area contributed by atoms with Gasteiger partial charge in [0.15, 0.2) is 0 Å². The number of aryl methyl sites for hydroxylation is 1. The van der Waals surface area contributed by atoms with E-state index in [-0.39, 0.29) is 11.8 Å². The molecule has 1 unspecified atom stereocenters. The summed E-state index contributed by atoms with van der Waals surface area (Å²) in [4.78, 5) is 24.3. The topological polar surface area (TPSA) is 64.0 Å². The van der Waals surface area contributed by atoms with Crippen LogP contribution in [0.25, 0.3) is 0 Å². The fourth-order valence-corrected chi connectivity index (χ4v) is 2.19. The Morgan fingerprint density at radius 1 is 1.22 bits per heavy atom. The first kappa shape index (κ1) is 10.7. The van der Waals surface area contributed by atoms with Gasteiger partial charge in [0.2, 0.25) is 5.91 Å². The van der Waals surface area contributed by atoms with E-state index in [0.717, 1.165) is 11.1 Å². The molecule has 0 aliphatic carbocycles. The maximum Gasteiger partial charge on any atom is 0.265 e. The maximum atomic E-state index is 12.3. The Bertz CT molecular complexity index is 645. The second-order valence-corrected chi connectivity index (χ2v) is 4.25. The standard InChI is InChI=1S/C13H11N3O2/c1-8-4-2-3-5-9(8)11-12(17)15-10-6-7-14-16(10)13(11)18/h2-7,11H,1H3,(H,15,17). The zero-order chi connectivity index (χ0) is 12.7. The molecule has 0 radical (unpaired) electrons. The number of rotatable bonds is 1. The third kappa shape index (κ3) is 1.44. The Kier molecular flexibility index (Phi) is 2.26. The zero-order valence-corrected chi connectivity index (χ0v) is 9.75. The number of nitrogens with zero attached hydrogens (tertiary/aromatic N) is 2. The molecule has 1 aliphatic rings. The van der Waals surface area contributed by atoms with Gasteiger partial charge in [-0.3, -0.25) is 9.59 Å². The lowest BCUT2D eigenvalue weighted by atomic mass is 9.92. The number of amides is 1. The van der Waals surface area contributed by atoms with Gasteiger partial charge in [0.05, 0.1) is 6.20 Å². The van der Waals surface area contributed by atoms with Crippen LogP contribution in [0.15, 0.2) is 36.5 Å². The van der Waals surface area contributed by atoms with Crippen LogP contribution in [-0.2, 0) is 4.79 Å². The SMILES string of the molecule is Cc1ccccc1C1C(=O)Nc2ccnn2C1=O. The van der Waals surface area contributed by atoms with E-state index in [1.54, 1.807) is 12.1 Å². The summed E-state index contributed by atoms with van der Waals surface area (Å²) in [7, 11) is 0. The van der Waals surface area contributed by atoms with E-state index in [2.05, 4.69) is 10.4 Å². The summed E-state index contributed by atoms with van der Waals surface area (Å²) in [5, 5.41) is 6.62. The van der Waals surface area contributed by atoms with E-state index >= 15 is 0 Å². The molecule has 0 fully saturated rings. The average molecular weight is 241 g/mol. The van der Waals surface area contributed by atoms with Crippen LogP contribution in [0.1, 0.15) is 21.8 Å². The van der Waals surface area contributed by atoms with Crippen molar-refractivity contribution in [2.75, 3.05) is 5.32 Å². The van der Waals surface area contributed by atoms with Crippen molar-refractivity contribution in [1.29, 1.82) is 0 Å². The van der Waals surface area contributed by atoms with Crippen molar-refractivity contribution in [2.24, 2.45) is 0 Å². The number of hydrogen-bond acceptors (Lipinski definition) is 3. The molecule has 2 aromatic rings. The minimum Gasteiger partial charge on any atom is -0.310 e. The fraction of sp³-hybridized carbons (Fsp3) is 0.154. The predicted octanol–water partition coefficient (Wildman–Crippen LogP) is 1.57. The molecule has 1 aromatic carbocycles. The number of benzene rings is 1. The molecule has 1 N–H and O–H groups in total. The van der Waals surface area contributed by atoms with Gasteiger partial charge in [-0.25, -0.2) is 0 Å². The summed E-state index contributed by atoms with van der Waals surface area (Å²) < 4.78 is 1.23. The predicted molar refractivity (Wildman–Crippen MR) is 65.4 cm³/mol. The zero-order valence-electron chi connectivity index (χ0n) is 9.75. The van der Waals surface area contributed by atoms with Gasteiger partial charge >= 0.3 is 0 Å². The number of nitrogens with one attached hydrogen (secondary N) is 1. The normalized spacial score (nSPS) is 18.4. The lowest BCUT2D eigenvalue weighted by molar-refractivity contribution is -0.117. The van der Waals surface area contributed by atoms with Crippen LogP contribution in [0.5, 0.6) is 0 Å². The van der Waals surface area contributed by atoms with Gasteiger partial charge in [-0.15, -0.1) is 0 Å². The Balaban J connectivity index is 2.12. The van der Waals surface area contributed by atoms with Crippen LogP contribution in [0.2, 0.25) is 0 Å². The van der Waals surface area contributed by atoms with E-state index < -0.39 is 5.92 Å². The van der Waals surface area contributed by atoms with Gasteiger partial charge in [0.25, 0.3) is 5.91 Å². The molecule has 1 aliphatic heterocycles. The average Bonchev–Trinajstić information content (AvgIpc) is 2.79. The highest BCUT2D eigenvalue weighted by atomic mass is 16.2. The van der Waals surface area contributed by atoms with Gasteiger partial charge in [-0.05, 0) is 18.1 Å². The molecule has 1 atom stereocenters. The van der Waals surface area contributed by atoms with Crippen LogP contribution in [0.4, 0.5) is 5.82 Å². The second kappa shape index (κ2) is 3.80. The van der Waals surface area contributed by atoms with Crippen molar-refractivity contribution in [3.05, 3.63) is 47.7 Å². The van der Waals surface area contributed by atoms with Gasteiger partial charge in [-0.2, -0.15) is 9.78 Å². The van der Waals surface area contributed by atoms with E-state index in [9.17, 15) is 9.59 Å². The molecule has 5 heteroatoms. The molecular weight excluding hydrogens is 230 g/mol. The number of carbonyl (C=O) groups excluding carboxylic acids is 2. The van der Waals surface area contributed by atoms with Gasteiger partial charge < -0.3 is 5.32 Å². The van der Waals surface area contributed by atoms with Crippen molar-refractivity contribution >= 4 is 17.6 Å². The van der Waals surface area contributed by atoms with Gasteiger partial charge in [0, 0.05) is 6.07 Å². The first-order valence-electron chi connectivity index (χ1n) is 5.63. The minimum absolute atomic E-state index is 0.303. The van der Waals surface area contributed by atoms with Crippen LogP contribution in [-0.4, -0.2) is 21.6 Å². The van der Waals surface area contributed by atoms with Crippen LogP contribution in [0.3, 0.4) is 0 Å². The van der Waals surface area contributed by atoms with Crippen LogP contribution < -0.4 is 5.32 Å². The molecule has 0 saturated carbocycles.